The van der Waals surface area contributed by atoms with Crippen LogP contribution in [0, 0.1) is 0 Å². The Morgan fingerprint density at radius 1 is 1.00 bits per heavy atom. The summed E-state index contributed by atoms with van der Waals surface area (Å²) in [6, 6.07) is 19.3. The topological polar surface area (TPSA) is 55.1 Å². The van der Waals surface area contributed by atoms with E-state index in [0.717, 1.165) is 11.3 Å². The lowest BCUT2D eigenvalue weighted by Crippen LogP contribution is -2.07. The van der Waals surface area contributed by atoms with E-state index in [-0.39, 0.29) is 5.56 Å². The molecule has 0 saturated carbocycles. The molecule has 4 heteroatoms. The number of nitrogens with zero attached hydrogens (tertiary/aromatic N) is 2. The lowest BCUT2D eigenvalue weighted by molar-refractivity contribution is 0.0696. The number of carboxylic acid groups (broad SMARTS) is 1. The number of carboxylic acids is 1. The van der Waals surface area contributed by atoms with E-state index in [2.05, 4.69) is 5.10 Å². The highest BCUT2D eigenvalue weighted by Crippen LogP contribution is 2.18. The van der Waals surface area contributed by atoms with Crippen LogP contribution in [0.25, 0.3) is 5.69 Å². The molecule has 3 aromatic rings. The molecule has 0 bridgehead atoms. The smallest absolute Gasteiger partial charge is 0.339 e. The fraction of sp³-hybridized carbons (Fsp3) is 0.0588. The van der Waals surface area contributed by atoms with Gasteiger partial charge in [-0.2, -0.15) is 5.10 Å². The Morgan fingerprint density at radius 2 is 1.62 bits per heavy atom. The van der Waals surface area contributed by atoms with Crippen molar-refractivity contribution < 1.29 is 9.90 Å². The van der Waals surface area contributed by atoms with Crippen molar-refractivity contribution in [3.05, 3.63) is 83.7 Å². The van der Waals surface area contributed by atoms with E-state index >= 15 is 0 Å². The number of carbonyl (C=O) groups is 1. The number of benzene rings is 2. The first-order valence-corrected chi connectivity index (χ1v) is 6.65. The Kier molecular flexibility index (Phi) is 3.51. The molecule has 0 aliphatic heterocycles. The summed E-state index contributed by atoms with van der Waals surface area (Å²) in [7, 11) is 0. The highest BCUT2D eigenvalue weighted by atomic mass is 16.4. The van der Waals surface area contributed by atoms with E-state index in [9.17, 15) is 9.90 Å². The van der Waals surface area contributed by atoms with Crippen LogP contribution < -0.4 is 0 Å². The lowest BCUT2D eigenvalue weighted by atomic mass is 10.1. The van der Waals surface area contributed by atoms with Crippen LogP contribution in [0.5, 0.6) is 0 Å². The predicted octanol–water partition coefficient (Wildman–Crippen LogP) is 3.16. The summed E-state index contributed by atoms with van der Waals surface area (Å²) in [5.41, 5.74) is 2.83. The highest BCUT2D eigenvalue weighted by molar-refractivity contribution is 5.89. The minimum atomic E-state index is -0.955. The summed E-state index contributed by atoms with van der Waals surface area (Å²) in [5, 5.41) is 13.6. The summed E-state index contributed by atoms with van der Waals surface area (Å²) >= 11 is 0. The molecule has 21 heavy (non-hydrogen) atoms. The van der Waals surface area contributed by atoms with Crippen molar-refractivity contribution in [2.45, 2.75) is 6.42 Å². The van der Waals surface area contributed by atoms with Gasteiger partial charge in [0.25, 0.3) is 0 Å². The van der Waals surface area contributed by atoms with Gasteiger partial charge in [0.15, 0.2) is 0 Å². The molecule has 1 heterocycles. The first-order valence-electron chi connectivity index (χ1n) is 6.65. The Morgan fingerprint density at radius 3 is 2.24 bits per heavy atom. The third-order valence-electron chi connectivity index (χ3n) is 3.31. The fourth-order valence-corrected chi connectivity index (χ4v) is 2.30. The largest absolute Gasteiger partial charge is 0.478 e. The molecule has 1 N–H and O–H groups in total. The monoisotopic (exact) mass is 278 g/mol. The summed E-state index contributed by atoms with van der Waals surface area (Å²) < 4.78 is 1.69. The second-order valence-electron chi connectivity index (χ2n) is 4.72. The molecule has 104 valence electrons. The van der Waals surface area contributed by atoms with Crippen molar-refractivity contribution in [3.8, 4) is 5.69 Å². The maximum absolute atomic E-state index is 11.4. The number of aromatic carboxylic acids is 1. The number of hydrogen-bond donors (Lipinski definition) is 1. The first kappa shape index (κ1) is 13.1. The van der Waals surface area contributed by atoms with Gasteiger partial charge in [-0.25, -0.2) is 9.48 Å². The number of hydrogen-bond acceptors (Lipinski definition) is 2. The Balaban J connectivity index is 2.08. The Hall–Kier alpha value is -2.88. The zero-order valence-electron chi connectivity index (χ0n) is 11.3. The molecule has 0 unspecified atom stereocenters. The molecule has 0 aliphatic rings. The zero-order valence-corrected chi connectivity index (χ0v) is 11.3. The average Bonchev–Trinajstić information content (AvgIpc) is 2.93. The van der Waals surface area contributed by atoms with Crippen LogP contribution in [-0.4, -0.2) is 20.9 Å². The van der Waals surface area contributed by atoms with E-state index in [1.807, 2.05) is 60.7 Å². The third kappa shape index (κ3) is 2.69. The summed E-state index contributed by atoms with van der Waals surface area (Å²) in [6.45, 7) is 0. The van der Waals surface area contributed by atoms with Gasteiger partial charge >= 0.3 is 5.97 Å². The molecule has 1 aromatic heterocycles. The second-order valence-corrected chi connectivity index (χ2v) is 4.72. The van der Waals surface area contributed by atoms with E-state index in [4.69, 9.17) is 0 Å². The maximum atomic E-state index is 11.4. The van der Waals surface area contributed by atoms with Crippen LogP contribution in [0.2, 0.25) is 0 Å². The zero-order chi connectivity index (χ0) is 14.7. The Labute approximate surface area is 122 Å². The van der Waals surface area contributed by atoms with Crippen LogP contribution in [0.1, 0.15) is 21.6 Å². The molecular formula is C17H14N2O2. The maximum Gasteiger partial charge on any atom is 0.339 e. The van der Waals surface area contributed by atoms with Gasteiger partial charge in [-0.3, -0.25) is 0 Å². The van der Waals surface area contributed by atoms with Crippen molar-refractivity contribution in [1.29, 1.82) is 0 Å². The molecule has 0 radical (unpaired) electrons. The standard InChI is InChI=1S/C17H14N2O2/c20-17(21)15-12-18-19(14-9-5-2-6-10-14)16(15)11-13-7-3-1-4-8-13/h1-10,12H,11H2,(H,20,21). The van der Waals surface area contributed by atoms with Crippen LogP contribution >= 0.6 is 0 Å². The van der Waals surface area contributed by atoms with E-state index in [0.29, 0.717) is 12.1 Å². The van der Waals surface area contributed by atoms with Gasteiger partial charge in [0.05, 0.1) is 17.6 Å². The molecule has 0 amide bonds. The van der Waals surface area contributed by atoms with E-state index in [1.165, 1.54) is 6.20 Å². The van der Waals surface area contributed by atoms with Gasteiger partial charge in [-0.15, -0.1) is 0 Å². The average molecular weight is 278 g/mol. The molecule has 0 spiro atoms. The van der Waals surface area contributed by atoms with Gasteiger partial charge in [0.1, 0.15) is 5.56 Å². The SMILES string of the molecule is O=C(O)c1cnn(-c2ccccc2)c1Cc1ccccc1. The first-order chi connectivity index (χ1) is 10.3. The highest BCUT2D eigenvalue weighted by Gasteiger charge is 2.17. The third-order valence-corrected chi connectivity index (χ3v) is 3.31. The van der Waals surface area contributed by atoms with E-state index in [1.54, 1.807) is 4.68 Å². The van der Waals surface area contributed by atoms with Crippen LogP contribution in [-0.2, 0) is 6.42 Å². The van der Waals surface area contributed by atoms with E-state index < -0.39 is 5.97 Å². The second kappa shape index (κ2) is 5.63. The molecule has 0 fully saturated rings. The van der Waals surface area contributed by atoms with Gasteiger partial charge in [0.2, 0.25) is 0 Å². The lowest BCUT2D eigenvalue weighted by Gasteiger charge is -2.08. The number of para-hydroxylation sites is 1. The molecule has 4 nitrogen and oxygen atoms in total. The van der Waals surface area contributed by atoms with Crippen molar-refractivity contribution in [2.75, 3.05) is 0 Å². The summed E-state index contributed by atoms with van der Waals surface area (Å²) in [6.07, 6.45) is 1.94. The summed E-state index contributed by atoms with van der Waals surface area (Å²) in [5.74, 6) is -0.955. The summed E-state index contributed by atoms with van der Waals surface area (Å²) in [4.78, 5) is 11.4. The fourth-order valence-electron chi connectivity index (χ4n) is 2.30. The van der Waals surface area contributed by atoms with Gasteiger partial charge < -0.3 is 5.11 Å². The van der Waals surface area contributed by atoms with Crippen molar-refractivity contribution in [2.24, 2.45) is 0 Å². The molecular weight excluding hydrogens is 264 g/mol. The normalized spacial score (nSPS) is 10.5. The van der Waals surface area contributed by atoms with Crippen LogP contribution in [0.3, 0.4) is 0 Å². The van der Waals surface area contributed by atoms with Gasteiger partial charge in [0, 0.05) is 6.42 Å². The Bertz CT molecular complexity index is 749. The van der Waals surface area contributed by atoms with Gasteiger partial charge in [-0.05, 0) is 17.7 Å². The van der Waals surface area contributed by atoms with Crippen molar-refractivity contribution in [1.82, 2.24) is 9.78 Å². The molecule has 0 atom stereocenters. The van der Waals surface area contributed by atoms with Crippen LogP contribution in [0.4, 0.5) is 0 Å². The number of rotatable bonds is 4. The quantitative estimate of drug-likeness (QED) is 0.797. The van der Waals surface area contributed by atoms with Crippen molar-refractivity contribution in [3.63, 3.8) is 0 Å². The minimum Gasteiger partial charge on any atom is -0.478 e. The molecule has 3 rings (SSSR count). The molecule has 2 aromatic carbocycles. The van der Waals surface area contributed by atoms with Crippen molar-refractivity contribution >= 4 is 5.97 Å². The van der Waals surface area contributed by atoms with Gasteiger partial charge in [-0.1, -0.05) is 48.5 Å². The molecule has 0 saturated heterocycles. The minimum absolute atomic E-state index is 0.239. The van der Waals surface area contributed by atoms with Crippen LogP contribution in [0.15, 0.2) is 66.9 Å². The predicted molar refractivity (Wildman–Crippen MR) is 79.8 cm³/mol. The number of aromatic nitrogens is 2. The molecule has 0 aliphatic carbocycles.